The summed E-state index contributed by atoms with van der Waals surface area (Å²) in [5.74, 6) is 0.473. The first-order valence-corrected chi connectivity index (χ1v) is 16.4. The highest BCUT2D eigenvalue weighted by molar-refractivity contribution is 6.06. The Morgan fingerprint density at radius 1 is 1.09 bits per heavy atom. The summed E-state index contributed by atoms with van der Waals surface area (Å²) < 4.78 is 47.9. The molecule has 252 valence electrons. The highest BCUT2D eigenvalue weighted by Gasteiger charge is 2.40. The molecule has 0 unspecified atom stereocenters. The van der Waals surface area contributed by atoms with Crippen LogP contribution >= 0.6 is 0 Å². The second-order valence-electron chi connectivity index (χ2n) is 13.5. The number of alkyl halides is 3. The van der Waals surface area contributed by atoms with Gasteiger partial charge in [-0.3, -0.25) is 9.69 Å². The van der Waals surface area contributed by atoms with Crippen LogP contribution in [0.3, 0.4) is 0 Å². The number of nitrogens with zero attached hydrogens (tertiary/aromatic N) is 5. The van der Waals surface area contributed by atoms with Crippen molar-refractivity contribution in [2.75, 3.05) is 62.4 Å². The average Bonchev–Trinajstić information content (AvgIpc) is 3.28. The van der Waals surface area contributed by atoms with Gasteiger partial charge in [0, 0.05) is 55.4 Å². The van der Waals surface area contributed by atoms with E-state index in [0.29, 0.717) is 29.2 Å². The van der Waals surface area contributed by atoms with E-state index in [9.17, 15) is 18.0 Å². The van der Waals surface area contributed by atoms with Crippen molar-refractivity contribution >= 4 is 28.9 Å². The van der Waals surface area contributed by atoms with Crippen LogP contribution in [0.25, 0.3) is 0 Å². The number of amides is 1. The summed E-state index contributed by atoms with van der Waals surface area (Å²) >= 11 is 0. The number of aromatic nitrogens is 2. The fourth-order valence-electron chi connectivity index (χ4n) is 7.38. The van der Waals surface area contributed by atoms with Gasteiger partial charge in [0.15, 0.2) is 0 Å². The Kier molecular flexibility index (Phi) is 9.10. The fourth-order valence-corrected chi connectivity index (χ4v) is 7.38. The van der Waals surface area contributed by atoms with E-state index >= 15 is 0 Å². The zero-order chi connectivity index (χ0) is 33.5. The van der Waals surface area contributed by atoms with E-state index in [1.807, 2.05) is 44.2 Å². The maximum atomic E-state index is 14.1. The Hall–Kier alpha value is -3.90. The highest BCUT2D eigenvalue weighted by Crippen LogP contribution is 2.41. The summed E-state index contributed by atoms with van der Waals surface area (Å²) in [6.07, 6.45) is -1.08. The van der Waals surface area contributed by atoms with Gasteiger partial charge in [0.25, 0.3) is 0 Å². The predicted octanol–water partition coefficient (Wildman–Crippen LogP) is 5.87. The molecule has 2 fully saturated rings. The van der Waals surface area contributed by atoms with Crippen molar-refractivity contribution in [3.05, 3.63) is 65.0 Å². The molecule has 1 atom stereocenters. The number of hydrogen-bond acceptors (Lipinski definition) is 8. The third kappa shape index (κ3) is 6.76. The lowest BCUT2D eigenvalue weighted by atomic mass is 9.82. The zero-order valence-electron chi connectivity index (χ0n) is 27.7. The number of anilines is 4. The standard InChI is InChI=1S/C35H44F3N7O2/c1-22-21-44(17-18-45(22)24-13-15-43(4)16-14-24)25-10-12-28(30(19-25)47-5)42-33-39-20-26(35(36,37)38)27(41-33)11-9-23-7-6-8-29-31(23)34(2,3)32(46)40-29/h6-8,10,12,19-20,22,24H,9,11,13-18,21H2,1-5H3,(H,40,46)(H,39,41,42)/t22-/m1/s1. The van der Waals surface area contributed by atoms with Crippen molar-refractivity contribution in [2.45, 2.75) is 70.1 Å². The maximum Gasteiger partial charge on any atom is 0.419 e. The Bertz CT molecular complexity index is 1620. The lowest BCUT2D eigenvalue weighted by Gasteiger charge is -2.46. The SMILES string of the molecule is COc1cc(N2CCN(C3CCN(C)CC3)[C@H](C)C2)ccc1Nc1ncc(C(F)(F)F)c(CCc2cccc3c2C(C)(C)C(=O)N3)n1. The van der Waals surface area contributed by atoms with Crippen molar-refractivity contribution in [1.82, 2.24) is 19.8 Å². The van der Waals surface area contributed by atoms with E-state index < -0.39 is 17.2 Å². The number of ether oxygens (including phenoxy) is 1. The van der Waals surface area contributed by atoms with Gasteiger partial charge in [0.1, 0.15) is 5.75 Å². The molecular formula is C35H44F3N7O2. The van der Waals surface area contributed by atoms with Gasteiger partial charge in [-0.15, -0.1) is 0 Å². The molecular weight excluding hydrogens is 607 g/mol. The van der Waals surface area contributed by atoms with Crippen LogP contribution in [0.1, 0.15) is 56.0 Å². The van der Waals surface area contributed by atoms with Crippen molar-refractivity contribution in [3.63, 3.8) is 0 Å². The average molecular weight is 652 g/mol. The quantitative estimate of drug-likeness (QED) is 0.313. The molecule has 0 spiro atoms. The minimum Gasteiger partial charge on any atom is -0.494 e. The third-order valence-corrected chi connectivity index (χ3v) is 10.0. The fraction of sp³-hybridized carbons (Fsp3) is 0.514. The number of benzene rings is 2. The van der Waals surface area contributed by atoms with E-state index in [1.165, 1.54) is 12.8 Å². The molecule has 6 rings (SSSR count). The lowest BCUT2D eigenvalue weighted by molar-refractivity contribution is -0.138. The minimum atomic E-state index is -4.61. The molecule has 12 heteroatoms. The Labute approximate surface area is 274 Å². The normalized spacial score (nSPS) is 20.6. The van der Waals surface area contributed by atoms with Gasteiger partial charge < -0.3 is 25.2 Å². The van der Waals surface area contributed by atoms with Crippen molar-refractivity contribution in [2.24, 2.45) is 0 Å². The summed E-state index contributed by atoms with van der Waals surface area (Å²) in [5, 5.41) is 5.97. The second kappa shape index (κ2) is 13.0. The molecule has 0 radical (unpaired) electrons. The molecule has 4 heterocycles. The van der Waals surface area contributed by atoms with Gasteiger partial charge in [-0.05, 0) is 95.9 Å². The van der Waals surface area contributed by atoms with Crippen molar-refractivity contribution in [3.8, 4) is 5.75 Å². The zero-order valence-corrected chi connectivity index (χ0v) is 27.7. The van der Waals surface area contributed by atoms with Gasteiger partial charge in [0.05, 0.1) is 29.5 Å². The van der Waals surface area contributed by atoms with Crippen LogP contribution in [0.4, 0.5) is 36.2 Å². The molecule has 1 aromatic heterocycles. The van der Waals surface area contributed by atoms with Crippen molar-refractivity contribution in [1.29, 1.82) is 0 Å². The van der Waals surface area contributed by atoms with Gasteiger partial charge in [-0.25, -0.2) is 9.97 Å². The summed E-state index contributed by atoms with van der Waals surface area (Å²) in [6, 6.07) is 12.3. The molecule has 2 aromatic carbocycles. The lowest BCUT2D eigenvalue weighted by Crippen LogP contribution is -2.57. The topological polar surface area (TPSA) is 85.9 Å². The molecule has 0 aliphatic carbocycles. The van der Waals surface area contributed by atoms with Gasteiger partial charge >= 0.3 is 6.18 Å². The smallest absolute Gasteiger partial charge is 0.419 e. The largest absolute Gasteiger partial charge is 0.494 e. The van der Waals surface area contributed by atoms with Crippen LogP contribution in [0.15, 0.2) is 42.6 Å². The Morgan fingerprint density at radius 3 is 2.55 bits per heavy atom. The summed E-state index contributed by atoms with van der Waals surface area (Å²) in [6.45, 7) is 11.0. The molecule has 2 N–H and O–H groups in total. The molecule has 2 saturated heterocycles. The van der Waals surface area contributed by atoms with E-state index in [0.717, 1.165) is 55.7 Å². The number of piperazine rings is 1. The molecule has 0 bridgehead atoms. The van der Waals surface area contributed by atoms with Crippen molar-refractivity contribution < 1.29 is 22.7 Å². The number of carbonyl (C=O) groups is 1. The molecule has 47 heavy (non-hydrogen) atoms. The Balaban J connectivity index is 1.18. The number of aryl methyl sites for hydroxylation is 2. The number of rotatable bonds is 8. The van der Waals surface area contributed by atoms with E-state index in [-0.39, 0.29) is 30.4 Å². The first-order valence-electron chi connectivity index (χ1n) is 16.4. The molecule has 3 aromatic rings. The molecule has 3 aliphatic rings. The number of fused-ring (bicyclic) bond motifs is 1. The number of halogens is 3. The summed E-state index contributed by atoms with van der Waals surface area (Å²) in [4.78, 5) is 28.3. The first-order chi connectivity index (χ1) is 22.3. The van der Waals surface area contributed by atoms with Crippen LogP contribution in [-0.2, 0) is 29.2 Å². The Morgan fingerprint density at radius 2 is 1.85 bits per heavy atom. The van der Waals surface area contributed by atoms with E-state index in [4.69, 9.17) is 4.74 Å². The molecule has 1 amide bonds. The van der Waals surface area contributed by atoms with Crippen LogP contribution < -0.4 is 20.3 Å². The number of piperidine rings is 1. The number of carbonyl (C=O) groups excluding carboxylic acids is 1. The third-order valence-electron chi connectivity index (χ3n) is 10.0. The van der Waals surface area contributed by atoms with E-state index in [2.05, 4.69) is 49.3 Å². The predicted molar refractivity (Wildman–Crippen MR) is 178 cm³/mol. The number of likely N-dealkylation sites (tertiary alicyclic amines) is 1. The molecule has 9 nitrogen and oxygen atoms in total. The number of methoxy groups -OCH3 is 1. The van der Waals surface area contributed by atoms with Crippen LogP contribution in [0, 0.1) is 0 Å². The molecule has 0 saturated carbocycles. The minimum absolute atomic E-state index is 0.0184. The van der Waals surface area contributed by atoms with Crippen LogP contribution in [0.2, 0.25) is 0 Å². The second-order valence-corrected chi connectivity index (χ2v) is 13.5. The first kappa shape index (κ1) is 33.0. The number of nitrogens with one attached hydrogen (secondary N) is 2. The van der Waals surface area contributed by atoms with Gasteiger partial charge in [0.2, 0.25) is 11.9 Å². The maximum absolute atomic E-state index is 14.1. The summed E-state index contributed by atoms with van der Waals surface area (Å²) in [7, 11) is 3.76. The summed E-state index contributed by atoms with van der Waals surface area (Å²) in [5.41, 5.74) is 2.14. The van der Waals surface area contributed by atoms with Gasteiger partial charge in [-0.1, -0.05) is 12.1 Å². The van der Waals surface area contributed by atoms with Gasteiger partial charge in [-0.2, -0.15) is 13.2 Å². The highest BCUT2D eigenvalue weighted by atomic mass is 19.4. The number of hydrogen-bond donors (Lipinski definition) is 2. The van der Waals surface area contributed by atoms with Crippen LogP contribution in [-0.4, -0.2) is 84.6 Å². The molecule has 3 aliphatic heterocycles. The monoisotopic (exact) mass is 651 g/mol. The van der Waals surface area contributed by atoms with Crippen LogP contribution in [0.5, 0.6) is 5.75 Å². The van der Waals surface area contributed by atoms with E-state index in [1.54, 1.807) is 13.2 Å².